The molecule has 1 N–H and O–H groups in total. The van der Waals surface area contributed by atoms with Gasteiger partial charge in [0, 0.05) is 18.8 Å². The molecular weight excluding hydrogens is 359 g/mol. The van der Waals surface area contributed by atoms with Crippen molar-refractivity contribution in [2.45, 2.75) is 37.9 Å². The van der Waals surface area contributed by atoms with E-state index in [1.807, 2.05) is 0 Å². The van der Waals surface area contributed by atoms with Gasteiger partial charge in [-0.2, -0.15) is 13.2 Å². The number of rotatable bonds is 2. The zero-order valence-electron chi connectivity index (χ0n) is 13.3. The first-order chi connectivity index (χ1) is 11.7. The maximum Gasteiger partial charge on any atom is 0.393 e. The zero-order chi connectivity index (χ0) is 18.2. The van der Waals surface area contributed by atoms with Crippen LogP contribution in [-0.4, -0.2) is 49.6 Å². The lowest BCUT2D eigenvalue weighted by Crippen LogP contribution is -2.48. The molecule has 1 aliphatic carbocycles. The molecule has 138 valence electrons. The summed E-state index contributed by atoms with van der Waals surface area (Å²) in [5, 5.41) is 2.49. The summed E-state index contributed by atoms with van der Waals surface area (Å²) in [5.41, 5.74) is 0.185. The molecule has 3 rings (SSSR count). The van der Waals surface area contributed by atoms with Gasteiger partial charge in [0.05, 0.1) is 17.2 Å². The Labute approximate surface area is 143 Å². The van der Waals surface area contributed by atoms with Crippen molar-refractivity contribution in [2.75, 3.05) is 12.3 Å². The van der Waals surface area contributed by atoms with Crippen molar-refractivity contribution >= 4 is 21.8 Å². The lowest BCUT2D eigenvalue weighted by atomic mass is 9.84. The molecule has 0 saturated heterocycles. The molecule has 25 heavy (non-hydrogen) atoms. The van der Waals surface area contributed by atoms with Crippen molar-refractivity contribution in [2.24, 2.45) is 10.3 Å². The zero-order valence-corrected chi connectivity index (χ0v) is 14.1. The Morgan fingerprint density at radius 3 is 2.68 bits per heavy atom. The van der Waals surface area contributed by atoms with Crippen LogP contribution in [0.2, 0.25) is 0 Å². The summed E-state index contributed by atoms with van der Waals surface area (Å²) in [5.74, 6) is -2.09. The maximum absolute atomic E-state index is 13.1. The molecule has 0 bridgehead atoms. The van der Waals surface area contributed by atoms with Gasteiger partial charge in [-0.25, -0.2) is 8.42 Å². The second-order valence-electron chi connectivity index (χ2n) is 6.36. The number of amides is 1. The molecule has 6 nitrogen and oxygen atoms in total. The van der Waals surface area contributed by atoms with Gasteiger partial charge in [-0.05, 0) is 25.0 Å². The fraction of sp³-hybridized carbons (Fsp3) is 0.600. The summed E-state index contributed by atoms with van der Waals surface area (Å²) in [7, 11) is -3.50. The van der Waals surface area contributed by atoms with E-state index in [2.05, 4.69) is 9.71 Å². The Morgan fingerprint density at radius 1 is 1.24 bits per heavy atom. The minimum absolute atomic E-state index is 0.0180. The Morgan fingerprint density at radius 2 is 1.96 bits per heavy atom. The molecule has 0 aromatic heterocycles. The van der Waals surface area contributed by atoms with Gasteiger partial charge in [0.25, 0.3) is 15.9 Å². The Balaban J connectivity index is 1.72. The number of carbonyl (C=O) groups is 1. The second kappa shape index (κ2) is 6.47. The highest BCUT2D eigenvalue weighted by Crippen LogP contribution is 2.37. The summed E-state index contributed by atoms with van der Waals surface area (Å²) >= 11 is 0. The molecule has 1 fully saturated rings. The molecule has 2 atom stereocenters. The van der Waals surface area contributed by atoms with Crippen LogP contribution in [0.25, 0.3) is 0 Å². The SMILES string of the molecule is O=C(NC1CCCCC1C(F)(F)F)C1=CN2CCS(=O)(=O)N=C2C=C1. The van der Waals surface area contributed by atoms with Crippen molar-refractivity contribution in [3.05, 3.63) is 23.9 Å². The average molecular weight is 377 g/mol. The third-order valence-electron chi connectivity index (χ3n) is 4.59. The number of halogens is 3. The van der Waals surface area contributed by atoms with E-state index in [9.17, 15) is 26.4 Å². The lowest BCUT2D eigenvalue weighted by Gasteiger charge is -2.34. The quantitative estimate of drug-likeness (QED) is 0.795. The van der Waals surface area contributed by atoms with E-state index in [-0.39, 0.29) is 30.1 Å². The molecule has 2 heterocycles. The number of hydrogen-bond acceptors (Lipinski definition) is 4. The summed E-state index contributed by atoms with van der Waals surface area (Å²) < 4.78 is 65.9. The van der Waals surface area contributed by atoms with Gasteiger partial charge in [0.15, 0.2) is 0 Å². The van der Waals surface area contributed by atoms with E-state index >= 15 is 0 Å². The van der Waals surface area contributed by atoms with Crippen molar-refractivity contribution in [3.8, 4) is 0 Å². The third kappa shape index (κ3) is 4.05. The number of nitrogens with one attached hydrogen (secondary N) is 1. The first-order valence-corrected chi connectivity index (χ1v) is 9.63. The number of nitrogens with zero attached hydrogens (tertiary/aromatic N) is 2. The predicted molar refractivity (Wildman–Crippen MR) is 85.1 cm³/mol. The van der Waals surface area contributed by atoms with Crippen molar-refractivity contribution in [1.82, 2.24) is 10.2 Å². The third-order valence-corrected chi connectivity index (χ3v) is 5.75. The normalized spacial score (nSPS) is 28.7. The number of sulfonamides is 1. The fourth-order valence-electron chi connectivity index (χ4n) is 3.28. The highest BCUT2D eigenvalue weighted by atomic mass is 32.2. The molecular formula is C15H18F3N3O3S. The first kappa shape index (κ1) is 18.0. The van der Waals surface area contributed by atoms with Crippen LogP contribution in [0.1, 0.15) is 25.7 Å². The number of fused-ring (bicyclic) bond motifs is 1. The number of hydrogen-bond donors (Lipinski definition) is 1. The van der Waals surface area contributed by atoms with Crippen LogP contribution in [0.3, 0.4) is 0 Å². The fourth-order valence-corrected chi connectivity index (χ4v) is 4.25. The summed E-state index contributed by atoms with van der Waals surface area (Å²) in [6.07, 6.45) is 1.30. The molecule has 1 amide bonds. The van der Waals surface area contributed by atoms with Crippen LogP contribution >= 0.6 is 0 Å². The molecule has 0 radical (unpaired) electrons. The van der Waals surface area contributed by atoms with Gasteiger partial charge >= 0.3 is 6.18 Å². The van der Waals surface area contributed by atoms with Crippen molar-refractivity contribution in [1.29, 1.82) is 0 Å². The highest BCUT2D eigenvalue weighted by molar-refractivity contribution is 7.90. The molecule has 0 spiro atoms. The molecule has 0 aromatic rings. The van der Waals surface area contributed by atoms with Gasteiger partial charge in [-0.15, -0.1) is 4.40 Å². The van der Waals surface area contributed by atoms with Gasteiger partial charge in [0.2, 0.25) is 0 Å². The Bertz CT molecular complexity index is 756. The predicted octanol–water partition coefficient (Wildman–Crippen LogP) is 1.72. The van der Waals surface area contributed by atoms with Crippen LogP contribution < -0.4 is 5.32 Å². The minimum atomic E-state index is -4.34. The lowest BCUT2D eigenvalue weighted by molar-refractivity contribution is -0.189. The topological polar surface area (TPSA) is 78.8 Å². The van der Waals surface area contributed by atoms with Crippen LogP contribution in [0.4, 0.5) is 13.2 Å². The van der Waals surface area contributed by atoms with Crippen molar-refractivity contribution < 1.29 is 26.4 Å². The average Bonchev–Trinajstić information content (AvgIpc) is 2.53. The molecule has 2 unspecified atom stereocenters. The van der Waals surface area contributed by atoms with Gasteiger partial charge in [-0.1, -0.05) is 12.8 Å². The van der Waals surface area contributed by atoms with Crippen LogP contribution in [-0.2, 0) is 14.8 Å². The van der Waals surface area contributed by atoms with Crippen LogP contribution in [0.5, 0.6) is 0 Å². The summed E-state index contributed by atoms with van der Waals surface area (Å²) in [6, 6.07) is -0.938. The van der Waals surface area contributed by atoms with Gasteiger partial charge < -0.3 is 10.2 Å². The van der Waals surface area contributed by atoms with Crippen LogP contribution in [0.15, 0.2) is 28.3 Å². The monoisotopic (exact) mass is 377 g/mol. The minimum Gasteiger partial charge on any atom is -0.349 e. The smallest absolute Gasteiger partial charge is 0.349 e. The number of carbonyl (C=O) groups excluding carboxylic acids is 1. The Hall–Kier alpha value is -1.84. The van der Waals surface area contributed by atoms with Crippen molar-refractivity contribution in [3.63, 3.8) is 0 Å². The van der Waals surface area contributed by atoms with E-state index in [0.29, 0.717) is 19.3 Å². The Kier molecular flexibility index (Phi) is 4.65. The van der Waals surface area contributed by atoms with E-state index in [1.54, 1.807) is 0 Å². The maximum atomic E-state index is 13.1. The van der Waals surface area contributed by atoms with E-state index in [0.717, 1.165) is 0 Å². The molecule has 0 aromatic carbocycles. The highest BCUT2D eigenvalue weighted by Gasteiger charge is 2.46. The second-order valence-corrected chi connectivity index (χ2v) is 8.11. The first-order valence-electron chi connectivity index (χ1n) is 8.02. The molecule has 1 saturated carbocycles. The van der Waals surface area contributed by atoms with Gasteiger partial charge in [-0.3, -0.25) is 4.79 Å². The van der Waals surface area contributed by atoms with E-state index in [4.69, 9.17) is 0 Å². The number of amidine groups is 1. The molecule has 3 aliphatic rings. The van der Waals surface area contributed by atoms with E-state index < -0.39 is 34.1 Å². The molecule has 2 aliphatic heterocycles. The number of alkyl halides is 3. The summed E-state index contributed by atoms with van der Waals surface area (Å²) in [4.78, 5) is 13.9. The largest absolute Gasteiger partial charge is 0.393 e. The summed E-state index contributed by atoms with van der Waals surface area (Å²) in [6.45, 7) is 0.150. The van der Waals surface area contributed by atoms with E-state index in [1.165, 1.54) is 23.3 Å². The van der Waals surface area contributed by atoms with Crippen LogP contribution in [0, 0.1) is 5.92 Å². The standard InChI is InChI=1S/C15H18F3N3O3S/c16-15(17,18)11-3-1-2-4-12(11)19-14(22)10-5-6-13-20-25(23,24)8-7-21(13)9-10/h5-6,9,11-12H,1-4,7-8H2,(H,19,22). The van der Waals surface area contributed by atoms with Gasteiger partial charge in [0.1, 0.15) is 5.84 Å². The molecule has 10 heteroatoms.